The van der Waals surface area contributed by atoms with Crippen LogP contribution in [0, 0.1) is 0 Å². The summed E-state index contributed by atoms with van der Waals surface area (Å²) in [6.07, 6.45) is 10.1. The number of hydrogen-bond acceptors (Lipinski definition) is 4. The van der Waals surface area contributed by atoms with Crippen molar-refractivity contribution in [3.63, 3.8) is 0 Å². The van der Waals surface area contributed by atoms with Crippen LogP contribution in [-0.2, 0) is 13.6 Å². The fourth-order valence-corrected chi connectivity index (χ4v) is 3.78. The summed E-state index contributed by atoms with van der Waals surface area (Å²) in [6.45, 7) is 5.58. The molecule has 2 fully saturated rings. The summed E-state index contributed by atoms with van der Waals surface area (Å²) in [5.41, 5.74) is 1.44. The van der Waals surface area contributed by atoms with Gasteiger partial charge in [0.15, 0.2) is 0 Å². The standard InChI is InChI=1S/C15H27N5/c1-13-6-9-16-15(7-4-3-5-8-15)12-20(13)11-14-10-19(2)18-17-14/h10,13,16H,3-9,11-12H2,1-2H3. The Kier molecular flexibility index (Phi) is 4.08. The van der Waals surface area contributed by atoms with Gasteiger partial charge in [-0.05, 0) is 32.7 Å². The molecule has 2 aliphatic rings. The van der Waals surface area contributed by atoms with Crippen LogP contribution in [0.2, 0.25) is 0 Å². The van der Waals surface area contributed by atoms with Crippen molar-refractivity contribution < 1.29 is 0 Å². The van der Waals surface area contributed by atoms with Crippen LogP contribution in [0.15, 0.2) is 6.20 Å². The molecule has 112 valence electrons. The predicted octanol–water partition coefficient (Wildman–Crippen LogP) is 1.70. The van der Waals surface area contributed by atoms with Crippen LogP contribution in [0.25, 0.3) is 0 Å². The first kappa shape index (κ1) is 14.0. The highest BCUT2D eigenvalue weighted by molar-refractivity contribution is 4.99. The normalized spacial score (nSPS) is 27.6. The molecule has 0 bridgehead atoms. The van der Waals surface area contributed by atoms with Gasteiger partial charge in [0, 0.05) is 37.9 Å². The fourth-order valence-electron chi connectivity index (χ4n) is 3.78. The van der Waals surface area contributed by atoms with Gasteiger partial charge in [-0.3, -0.25) is 9.58 Å². The monoisotopic (exact) mass is 277 g/mol. The SMILES string of the molecule is CC1CCNC2(CCCCC2)CN1Cc1cn(C)nn1. The molecule has 1 saturated heterocycles. The second-order valence-electron chi connectivity index (χ2n) is 6.69. The van der Waals surface area contributed by atoms with Gasteiger partial charge in [0.05, 0.1) is 5.69 Å². The maximum absolute atomic E-state index is 4.26. The van der Waals surface area contributed by atoms with Gasteiger partial charge in [-0.1, -0.05) is 24.5 Å². The van der Waals surface area contributed by atoms with Crippen molar-refractivity contribution >= 4 is 0 Å². The van der Waals surface area contributed by atoms with E-state index >= 15 is 0 Å². The summed E-state index contributed by atoms with van der Waals surface area (Å²) < 4.78 is 1.80. The average molecular weight is 277 g/mol. The first-order valence-electron chi connectivity index (χ1n) is 8.01. The van der Waals surface area contributed by atoms with Crippen molar-refractivity contribution in [2.24, 2.45) is 7.05 Å². The van der Waals surface area contributed by atoms with Gasteiger partial charge in [-0.25, -0.2) is 0 Å². The quantitative estimate of drug-likeness (QED) is 0.894. The zero-order valence-electron chi connectivity index (χ0n) is 12.8. The molecule has 0 amide bonds. The smallest absolute Gasteiger partial charge is 0.0967 e. The molecule has 0 radical (unpaired) electrons. The summed E-state index contributed by atoms with van der Waals surface area (Å²) in [4.78, 5) is 2.61. The number of nitrogens with one attached hydrogen (secondary N) is 1. The molecule has 1 aromatic heterocycles. The first-order valence-corrected chi connectivity index (χ1v) is 8.01. The number of rotatable bonds is 2. The Morgan fingerprint density at radius 1 is 1.35 bits per heavy atom. The van der Waals surface area contributed by atoms with Crippen LogP contribution in [0.5, 0.6) is 0 Å². The Labute approximate surface area is 121 Å². The van der Waals surface area contributed by atoms with Gasteiger partial charge in [-0.15, -0.1) is 5.10 Å². The minimum absolute atomic E-state index is 0.352. The largest absolute Gasteiger partial charge is 0.310 e. The van der Waals surface area contributed by atoms with Gasteiger partial charge in [-0.2, -0.15) is 0 Å². The fraction of sp³-hybridized carbons (Fsp3) is 0.867. The van der Waals surface area contributed by atoms with E-state index in [0.717, 1.165) is 25.3 Å². The van der Waals surface area contributed by atoms with E-state index in [4.69, 9.17) is 0 Å². The summed E-state index contributed by atoms with van der Waals surface area (Å²) in [6, 6.07) is 0.616. The molecule has 1 N–H and O–H groups in total. The molecule has 0 aromatic carbocycles. The summed E-state index contributed by atoms with van der Waals surface area (Å²) in [7, 11) is 1.94. The van der Waals surface area contributed by atoms with Crippen LogP contribution in [0.3, 0.4) is 0 Å². The second-order valence-corrected chi connectivity index (χ2v) is 6.69. The highest BCUT2D eigenvalue weighted by atomic mass is 15.4. The van der Waals surface area contributed by atoms with Crippen LogP contribution < -0.4 is 5.32 Å². The lowest BCUT2D eigenvalue weighted by Crippen LogP contribution is -2.53. The minimum Gasteiger partial charge on any atom is -0.310 e. The Morgan fingerprint density at radius 2 is 2.15 bits per heavy atom. The van der Waals surface area contributed by atoms with E-state index in [1.807, 2.05) is 13.2 Å². The molecule has 5 nitrogen and oxygen atoms in total. The van der Waals surface area contributed by atoms with Crippen molar-refractivity contribution in [1.29, 1.82) is 0 Å². The number of aryl methyl sites for hydroxylation is 1. The van der Waals surface area contributed by atoms with E-state index < -0.39 is 0 Å². The molecule has 1 aliphatic heterocycles. The molecule has 20 heavy (non-hydrogen) atoms. The minimum atomic E-state index is 0.352. The van der Waals surface area contributed by atoms with E-state index in [-0.39, 0.29) is 0 Å². The number of hydrogen-bond donors (Lipinski definition) is 1. The molecule has 1 saturated carbocycles. The Balaban J connectivity index is 1.72. The lowest BCUT2D eigenvalue weighted by Gasteiger charge is -2.40. The van der Waals surface area contributed by atoms with Gasteiger partial charge < -0.3 is 5.32 Å². The lowest BCUT2D eigenvalue weighted by molar-refractivity contribution is 0.130. The van der Waals surface area contributed by atoms with Crippen molar-refractivity contribution in [2.45, 2.75) is 63.6 Å². The summed E-state index contributed by atoms with van der Waals surface area (Å²) in [5.74, 6) is 0. The van der Waals surface area contributed by atoms with Gasteiger partial charge in [0.1, 0.15) is 0 Å². The maximum atomic E-state index is 4.26. The molecule has 3 rings (SSSR count). The predicted molar refractivity (Wildman–Crippen MR) is 79.3 cm³/mol. The number of nitrogens with zero attached hydrogens (tertiary/aromatic N) is 4. The molecular formula is C15H27N5. The summed E-state index contributed by atoms with van der Waals surface area (Å²) in [5, 5.41) is 12.2. The second kappa shape index (κ2) is 5.82. The van der Waals surface area contributed by atoms with Crippen molar-refractivity contribution in [2.75, 3.05) is 13.1 Å². The molecule has 1 aliphatic carbocycles. The van der Waals surface area contributed by atoms with E-state index in [2.05, 4.69) is 27.5 Å². The molecule has 5 heteroatoms. The maximum Gasteiger partial charge on any atom is 0.0967 e. The van der Waals surface area contributed by atoms with Crippen molar-refractivity contribution in [1.82, 2.24) is 25.2 Å². The van der Waals surface area contributed by atoms with Crippen LogP contribution in [0.4, 0.5) is 0 Å². The van der Waals surface area contributed by atoms with E-state index in [0.29, 0.717) is 11.6 Å². The van der Waals surface area contributed by atoms with Crippen molar-refractivity contribution in [3.05, 3.63) is 11.9 Å². The van der Waals surface area contributed by atoms with E-state index in [1.165, 1.54) is 38.5 Å². The van der Waals surface area contributed by atoms with Gasteiger partial charge >= 0.3 is 0 Å². The molecule has 1 spiro atoms. The third kappa shape index (κ3) is 3.04. The van der Waals surface area contributed by atoms with E-state index in [1.54, 1.807) is 4.68 Å². The molecular weight excluding hydrogens is 250 g/mol. The third-order valence-electron chi connectivity index (χ3n) is 5.02. The topological polar surface area (TPSA) is 46.0 Å². The first-order chi connectivity index (χ1) is 9.67. The zero-order chi connectivity index (χ0) is 14.0. The van der Waals surface area contributed by atoms with E-state index in [9.17, 15) is 0 Å². The number of aromatic nitrogens is 3. The van der Waals surface area contributed by atoms with Crippen LogP contribution >= 0.6 is 0 Å². The summed E-state index contributed by atoms with van der Waals surface area (Å²) >= 11 is 0. The zero-order valence-corrected chi connectivity index (χ0v) is 12.8. The third-order valence-corrected chi connectivity index (χ3v) is 5.02. The molecule has 1 atom stereocenters. The van der Waals surface area contributed by atoms with Gasteiger partial charge in [0.25, 0.3) is 0 Å². The highest BCUT2D eigenvalue weighted by Gasteiger charge is 2.36. The van der Waals surface area contributed by atoms with Crippen molar-refractivity contribution in [3.8, 4) is 0 Å². The average Bonchev–Trinajstić information content (AvgIpc) is 2.78. The Bertz CT molecular complexity index is 435. The molecule has 2 heterocycles. The molecule has 1 unspecified atom stereocenters. The Hall–Kier alpha value is -0.940. The molecule has 1 aromatic rings. The lowest BCUT2D eigenvalue weighted by atomic mass is 9.81. The van der Waals surface area contributed by atoms with Crippen LogP contribution in [-0.4, -0.2) is 44.6 Å². The van der Waals surface area contributed by atoms with Crippen LogP contribution in [0.1, 0.15) is 51.1 Å². The Morgan fingerprint density at radius 3 is 2.85 bits per heavy atom. The van der Waals surface area contributed by atoms with Gasteiger partial charge in [0.2, 0.25) is 0 Å². The highest BCUT2D eigenvalue weighted by Crippen LogP contribution is 2.31.